The van der Waals surface area contributed by atoms with Gasteiger partial charge < -0.3 is 10.2 Å². The standard InChI is InChI=1S/C28H31Cl2N3O4S/c1-5-25(28(35)31-4)32(17-22-23(29)10-8-11-24(22)30)27(34)18-33(26-12-7-6-9-20(26)3)38(36,37)21-15-13-19(2)14-16-21/h6-16,25H,5,17-18H2,1-4H3,(H,31,35). The Hall–Kier alpha value is -3.07. The highest BCUT2D eigenvalue weighted by Crippen LogP contribution is 2.30. The summed E-state index contributed by atoms with van der Waals surface area (Å²) < 4.78 is 28.9. The molecular weight excluding hydrogens is 545 g/mol. The Morgan fingerprint density at radius 2 is 1.53 bits per heavy atom. The van der Waals surface area contributed by atoms with E-state index in [1.54, 1.807) is 68.4 Å². The molecule has 3 rings (SSSR count). The number of benzene rings is 3. The van der Waals surface area contributed by atoms with Crippen molar-refractivity contribution in [1.29, 1.82) is 0 Å². The van der Waals surface area contributed by atoms with Crippen molar-refractivity contribution in [2.24, 2.45) is 0 Å². The minimum atomic E-state index is -4.14. The lowest BCUT2D eigenvalue weighted by molar-refractivity contribution is -0.140. The van der Waals surface area contributed by atoms with Gasteiger partial charge in [0.2, 0.25) is 11.8 Å². The summed E-state index contributed by atoms with van der Waals surface area (Å²) in [6, 6.07) is 17.5. The Morgan fingerprint density at radius 3 is 2.08 bits per heavy atom. The summed E-state index contributed by atoms with van der Waals surface area (Å²) in [4.78, 5) is 28.2. The van der Waals surface area contributed by atoms with Gasteiger partial charge in [0.1, 0.15) is 12.6 Å². The number of rotatable bonds is 10. The fraction of sp³-hybridized carbons (Fsp3) is 0.286. The predicted octanol–water partition coefficient (Wildman–Crippen LogP) is 5.36. The molecule has 3 aromatic rings. The molecule has 0 spiro atoms. The Morgan fingerprint density at radius 1 is 0.921 bits per heavy atom. The molecule has 0 saturated heterocycles. The summed E-state index contributed by atoms with van der Waals surface area (Å²) in [7, 11) is -2.65. The maximum Gasteiger partial charge on any atom is 0.264 e. The first-order valence-electron chi connectivity index (χ1n) is 12.1. The maximum atomic E-state index is 14.0. The van der Waals surface area contributed by atoms with Crippen molar-refractivity contribution < 1.29 is 18.0 Å². The summed E-state index contributed by atoms with van der Waals surface area (Å²) in [6.45, 7) is 4.81. The largest absolute Gasteiger partial charge is 0.357 e. The molecule has 2 amide bonds. The number of para-hydroxylation sites is 1. The first-order valence-corrected chi connectivity index (χ1v) is 14.3. The van der Waals surface area contributed by atoms with Gasteiger partial charge in [0, 0.05) is 29.2 Å². The molecule has 1 atom stereocenters. The Labute approximate surface area is 234 Å². The second kappa shape index (κ2) is 12.7. The number of halogens is 2. The van der Waals surface area contributed by atoms with Crippen molar-refractivity contribution in [3.05, 3.63) is 93.5 Å². The number of aryl methyl sites for hydroxylation is 2. The molecule has 3 aromatic carbocycles. The van der Waals surface area contributed by atoms with Gasteiger partial charge in [-0.2, -0.15) is 0 Å². The summed E-state index contributed by atoms with van der Waals surface area (Å²) >= 11 is 12.8. The third-order valence-electron chi connectivity index (χ3n) is 6.29. The average Bonchev–Trinajstić information content (AvgIpc) is 2.89. The molecule has 0 bridgehead atoms. The molecule has 0 aromatic heterocycles. The second-order valence-corrected chi connectivity index (χ2v) is 11.5. The minimum Gasteiger partial charge on any atom is -0.357 e. The zero-order chi connectivity index (χ0) is 28.0. The zero-order valence-corrected chi connectivity index (χ0v) is 24.1. The molecule has 0 fully saturated rings. The summed E-state index contributed by atoms with van der Waals surface area (Å²) in [5.74, 6) is -0.955. The third kappa shape index (κ3) is 6.49. The lowest BCUT2D eigenvalue weighted by Gasteiger charge is -2.33. The van der Waals surface area contributed by atoms with E-state index in [2.05, 4.69) is 5.32 Å². The highest BCUT2D eigenvalue weighted by Gasteiger charge is 2.34. The van der Waals surface area contributed by atoms with E-state index in [9.17, 15) is 18.0 Å². The van der Waals surface area contributed by atoms with Crippen molar-refractivity contribution >= 4 is 50.7 Å². The topological polar surface area (TPSA) is 86.8 Å². The van der Waals surface area contributed by atoms with Crippen molar-refractivity contribution in [3.63, 3.8) is 0 Å². The van der Waals surface area contributed by atoms with Crippen molar-refractivity contribution in [2.75, 3.05) is 17.9 Å². The van der Waals surface area contributed by atoms with E-state index in [1.165, 1.54) is 24.1 Å². The van der Waals surface area contributed by atoms with Crippen LogP contribution in [0, 0.1) is 13.8 Å². The van der Waals surface area contributed by atoms with Crippen LogP contribution in [0.2, 0.25) is 10.0 Å². The van der Waals surface area contributed by atoms with Crippen molar-refractivity contribution in [2.45, 2.75) is 44.7 Å². The lowest BCUT2D eigenvalue weighted by atomic mass is 10.1. The number of amides is 2. The van der Waals surface area contributed by atoms with Gasteiger partial charge in [-0.15, -0.1) is 0 Å². The normalized spacial score (nSPS) is 12.1. The highest BCUT2D eigenvalue weighted by molar-refractivity contribution is 7.92. The number of nitrogens with one attached hydrogen (secondary N) is 1. The highest BCUT2D eigenvalue weighted by atomic mass is 35.5. The van der Waals surface area contributed by atoms with Gasteiger partial charge in [0.05, 0.1) is 10.6 Å². The van der Waals surface area contributed by atoms with E-state index in [0.29, 0.717) is 33.3 Å². The molecule has 7 nitrogen and oxygen atoms in total. The SMILES string of the molecule is CCC(C(=O)NC)N(Cc1c(Cl)cccc1Cl)C(=O)CN(c1ccccc1C)S(=O)(=O)c1ccc(C)cc1. The molecule has 0 saturated carbocycles. The first kappa shape index (κ1) is 29.5. The van der Waals surface area contributed by atoms with Crippen LogP contribution in [0.1, 0.15) is 30.0 Å². The zero-order valence-electron chi connectivity index (χ0n) is 21.7. The smallest absolute Gasteiger partial charge is 0.264 e. The Bertz CT molecular complexity index is 1390. The minimum absolute atomic E-state index is 0.0539. The van der Waals surface area contributed by atoms with Crippen LogP contribution < -0.4 is 9.62 Å². The molecule has 0 radical (unpaired) electrons. The number of anilines is 1. The van der Waals surface area contributed by atoms with E-state index in [1.807, 2.05) is 6.92 Å². The number of hydrogen-bond donors (Lipinski definition) is 1. The molecule has 10 heteroatoms. The number of nitrogens with zero attached hydrogens (tertiary/aromatic N) is 2. The van der Waals surface area contributed by atoms with Gasteiger partial charge in [0.25, 0.3) is 10.0 Å². The van der Waals surface area contributed by atoms with Crippen LogP contribution in [-0.2, 0) is 26.2 Å². The number of carbonyl (C=O) groups is 2. The molecule has 202 valence electrons. The molecule has 38 heavy (non-hydrogen) atoms. The van der Waals surface area contributed by atoms with Crippen LogP contribution in [0.3, 0.4) is 0 Å². The summed E-state index contributed by atoms with van der Waals surface area (Å²) in [6.07, 6.45) is 0.294. The lowest BCUT2D eigenvalue weighted by Crippen LogP contribution is -2.52. The van der Waals surface area contributed by atoms with Gasteiger partial charge in [0.15, 0.2) is 0 Å². The average molecular weight is 577 g/mol. The molecular formula is C28H31Cl2N3O4S. The van der Waals surface area contributed by atoms with E-state index in [-0.39, 0.29) is 17.3 Å². The summed E-state index contributed by atoms with van der Waals surface area (Å²) in [5.41, 5.74) is 2.41. The Kier molecular flexibility index (Phi) is 9.82. The molecule has 0 aliphatic carbocycles. The summed E-state index contributed by atoms with van der Waals surface area (Å²) in [5, 5.41) is 3.27. The fourth-order valence-electron chi connectivity index (χ4n) is 4.13. The van der Waals surface area contributed by atoms with Crippen LogP contribution in [-0.4, -0.2) is 44.8 Å². The maximum absolute atomic E-state index is 14.0. The number of carbonyl (C=O) groups excluding carboxylic acids is 2. The molecule has 1 N–H and O–H groups in total. The predicted molar refractivity (Wildman–Crippen MR) is 152 cm³/mol. The monoisotopic (exact) mass is 575 g/mol. The van der Waals surface area contributed by atoms with Gasteiger partial charge in [-0.25, -0.2) is 8.42 Å². The van der Waals surface area contributed by atoms with Gasteiger partial charge >= 0.3 is 0 Å². The molecule has 0 aliphatic rings. The molecule has 0 aliphatic heterocycles. The van der Waals surface area contributed by atoms with E-state index < -0.39 is 28.5 Å². The van der Waals surface area contributed by atoms with E-state index in [4.69, 9.17) is 23.2 Å². The Balaban J connectivity index is 2.11. The number of likely N-dealkylation sites (N-methyl/N-ethyl adjacent to an activating group) is 1. The number of hydrogen-bond acceptors (Lipinski definition) is 4. The molecule has 1 unspecified atom stereocenters. The van der Waals surface area contributed by atoms with Gasteiger partial charge in [-0.05, 0) is 56.2 Å². The quantitative estimate of drug-likeness (QED) is 0.352. The van der Waals surface area contributed by atoms with E-state index in [0.717, 1.165) is 9.87 Å². The third-order valence-corrected chi connectivity index (χ3v) is 8.78. The van der Waals surface area contributed by atoms with Gasteiger partial charge in [-0.1, -0.05) is 72.1 Å². The van der Waals surface area contributed by atoms with Crippen molar-refractivity contribution in [1.82, 2.24) is 10.2 Å². The fourth-order valence-corrected chi connectivity index (χ4v) is 6.13. The van der Waals surface area contributed by atoms with Crippen LogP contribution in [0.15, 0.2) is 71.6 Å². The number of sulfonamides is 1. The van der Waals surface area contributed by atoms with Crippen LogP contribution >= 0.6 is 23.2 Å². The first-order chi connectivity index (χ1) is 18.0. The second-order valence-electron chi connectivity index (χ2n) is 8.87. The van der Waals surface area contributed by atoms with Crippen molar-refractivity contribution in [3.8, 4) is 0 Å². The van der Waals surface area contributed by atoms with Crippen LogP contribution in [0.25, 0.3) is 0 Å². The van der Waals surface area contributed by atoms with Crippen LogP contribution in [0.5, 0.6) is 0 Å². The van der Waals surface area contributed by atoms with E-state index >= 15 is 0 Å². The van der Waals surface area contributed by atoms with Crippen LogP contribution in [0.4, 0.5) is 5.69 Å². The van der Waals surface area contributed by atoms with Gasteiger partial charge in [-0.3, -0.25) is 13.9 Å². The molecule has 0 heterocycles.